The maximum Gasteiger partial charge on any atom is 0.320 e. The molecule has 3 rings (SSSR count). The quantitative estimate of drug-likeness (QED) is 0.738. The molecule has 2 N–H and O–H groups in total. The molecule has 1 aliphatic carbocycles. The second kappa shape index (κ2) is 5.24. The average molecular weight is 282 g/mol. The van der Waals surface area contributed by atoms with Gasteiger partial charge in [0.15, 0.2) is 0 Å². The van der Waals surface area contributed by atoms with Crippen molar-refractivity contribution in [1.29, 1.82) is 0 Å². The molecular formula is C14H22N2O4. The van der Waals surface area contributed by atoms with Gasteiger partial charge in [0.25, 0.3) is 0 Å². The van der Waals surface area contributed by atoms with Gasteiger partial charge in [-0.15, -0.1) is 0 Å². The molecule has 4 atom stereocenters. The highest BCUT2D eigenvalue weighted by Crippen LogP contribution is 2.38. The Balaban J connectivity index is 1.61. The first-order valence-electron chi connectivity index (χ1n) is 7.51. The molecule has 0 aromatic heterocycles. The predicted octanol–water partition coefficient (Wildman–Crippen LogP) is 0.606. The number of carboxylic acids is 1. The number of carbonyl (C=O) groups excluding carboxylic acids is 1. The minimum atomic E-state index is -0.809. The molecule has 112 valence electrons. The van der Waals surface area contributed by atoms with Gasteiger partial charge >= 0.3 is 12.0 Å². The molecule has 0 bridgehead atoms. The van der Waals surface area contributed by atoms with Crippen molar-refractivity contribution in [2.75, 3.05) is 26.2 Å². The molecular weight excluding hydrogens is 260 g/mol. The van der Waals surface area contributed by atoms with E-state index in [1.807, 2.05) is 4.90 Å². The topological polar surface area (TPSA) is 81.1 Å². The van der Waals surface area contributed by atoms with Gasteiger partial charge in [-0.25, -0.2) is 4.79 Å². The zero-order valence-electron chi connectivity index (χ0n) is 11.6. The number of aliphatic hydroxyl groups excluding tert-OH is 1. The Kier molecular flexibility index (Phi) is 3.58. The largest absolute Gasteiger partial charge is 0.481 e. The van der Waals surface area contributed by atoms with E-state index in [2.05, 4.69) is 0 Å². The van der Waals surface area contributed by atoms with Crippen LogP contribution in [0.25, 0.3) is 0 Å². The number of aliphatic hydroxyl groups is 1. The molecule has 20 heavy (non-hydrogen) atoms. The molecule has 6 nitrogen and oxygen atoms in total. The van der Waals surface area contributed by atoms with Crippen LogP contribution in [-0.2, 0) is 4.79 Å². The van der Waals surface area contributed by atoms with Crippen LogP contribution in [0, 0.1) is 17.8 Å². The number of piperidine rings is 1. The fraction of sp³-hybridized carbons (Fsp3) is 0.857. The van der Waals surface area contributed by atoms with E-state index in [1.54, 1.807) is 4.90 Å². The van der Waals surface area contributed by atoms with Gasteiger partial charge in [0.2, 0.25) is 0 Å². The molecule has 4 unspecified atom stereocenters. The van der Waals surface area contributed by atoms with Crippen LogP contribution >= 0.6 is 0 Å². The van der Waals surface area contributed by atoms with Crippen molar-refractivity contribution < 1.29 is 19.8 Å². The van der Waals surface area contributed by atoms with E-state index in [1.165, 1.54) is 0 Å². The van der Waals surface area contributed by atoms with Gasteiger partial charge in [0.1, 0.15) is 0 Å². The number of likely N-dealkylation sites (tertiary alicyclic amines) is 2. The highest BCUT2D eigenvalue weighted by Gasteiger charge is 2.44. The maximum atomic E-state index is 12.5. The number of amides is 2. The number of fused-ring (bicyclic) bond motifs is 1. The molecule has 1 saturated carbocycles. The summed E-state index contributed by atoms with van der Waals surface area (Å²) < 4.78 is 0. The lowest BCUT2D eigenvalue weighted by Crippen LogP contribution is -2.48. The Hall–Kier alpha value is -1.30. The smallest absolute Gasteiger partial charge is 0.320 e. The van der Waals surface area contributed by atoms with Crippen LogP contribution in [0.3, 0.4) is 0 Å². The van der Waals surface area contributed by atoms with Gasteiger partial charge in [0, 0.05) is 32.1 Å². The Bertz CT molecular complexity index is 414. The third kappa shape index (κ3) is 2.37. The summed E-state index contributed by atoms with van der Waals surface area (Å²) in [6, 6.07) is -0.0439. The summed E-state index contributed by atoms with van der Waals surface area (Å²) >= 11 is 0. The Morgan fingerprint density at radius 2 is 1.80 bits per heavy atom. The molecule has 2 aliphatic heterocycles. The predicted molar refractivity (Wildman–Crippen MR) is 71.1 cm³/mol. The summed E-state index contributed by atoms with van der Waals surface area (Å²) in [5, 5.41) is 19.0. The van der Waals surface area contributed by atoms with E-state index in [4.69, 9.17) is 5.11 Å². The zero-order valence-corrected chi connectivity index (χ0v) is 11.6. The Morgan fingerprint density at radius 3 is 2.50 bits per heavy atom. The van der Waals surface area contributed by atoms with Crippen molar-refractivity contribution in [2.24, 2.45) is 17.8 Å². The number of aliphatic carboxylic acids is 1. The van der Waals surface area contributed by atoms with E-state index in [0.717, 1.165) is 25.8 Å². The van der Waals surface area contributed by atoms with Crippen molar-refractivity contribution in [1.82, 2.24) is 9.80 Å². The molecule has 0 aromatic rings. The van der Waals surface area contributed by atoms with E-state index in [9.17, 15) is 14.7 Å². The summed E-state index contributed by atoms with van der Waals surface area (Å²) in [6.07, 6.45) is 2.98. The summed E-state index contributed by atoms with van der Waals surface area (Å²) in [6.45, 7) is 2.31. The van der Waals surface area contributed by atoms with Crippen LogP contribution in [0.1, 0.15) is 25.7 Å². The number of carbonyl (C=O) groups is 2. The number of rotatable bonds is 1. The summed E-state index contributed by atoms with van der Waals surface area (Å²) in [5.41, 5.74) is 0. The molecule has 2 heterocycles. The lowest BCUT2D eigenvalue weighted by molar-refractivity contribution is -0.143. The first-order chi connectivity index (χ1) is 9.56. The fourth-order valence-electron chi connectivity index (χ4n) is 3.95. The highest BCUT2D eigenvalue weighted by molar-refractivity contribution is 5.77. The Morgan fingerprint density at radius 1 is 1.00 bits per heavy atom. The summed E-state index contributed by atoms with van der Waals surface area (Å²) in [7, 11) is 0. The molecule has 2 saturated heterocycles. The third-order valence-electron chi connectivity index (χ3n) is 5.13. The number of nitrogens with zero attached hydrogens (tertiary/aromatic N) is 2. The monoisotopic (exact) mass is 282 g/mol. The van der Waals surface area contributed by atoms with Crippen molar-refractivity contribution >= 4 is 12.0 Å². The molecule has 0 spiro atoms. The molecule has 0 aromatic carbocycles. The van der Waals surface area contributed by atoms with Gasteiger partial charge in [0.05, 0.1) is 12.0 Å². The van der Waals surface area contributed by atoms with Crippen molar-refractivity contribution in [3.05, 3.63) is 0 Å². The molecule has 3 fully saturated rings. The average Bonchev–Trinajstić information content (AvgIpc) is 3.01. The molecule has 0 radical (unpaired) electrons. The fourth-order valence-corrected chi connectivity index (χ4v) is 3.95. The van der Waals surface area contributed by atoms with Gasteiger partial charge < -0.3 is 20.0 Å². The van der Waals surface area contributed by atoms with Crippen LogP contribution < -0.4 is 0 Å². The van der Waals surface area contributed by atoms with Crippen LogP contribution in [0.2, 0.25) is 0 Å². The van der Waals surface area contributed by atoms with E-state index < -0.39 is 11.9 Å². The minimum Gasteiger partial charge on any atom is -0.481 e. The van der Waals surface area contributed by atoms with Gasteiger partial charge in [-0.05, 0) is 31.6 Å². The van der Waals surface area contributed by atoms with Crippen LogP contribution in [0.5, 0.6) is 0 Å². The number of carboxylic acid groups (broad SMARTS) is 1. The van der Waals surface area contributed by atoms with Crippen LogP contribution in [-0.4, -0.2) is 64.3 Å². The van der Waals surface area contributed by atoms with Crippen LogP contribution in [0.4, 0.5) is 4.79 Å². The SMILES string of the molecule is O=C(O)C1CCCN(C(=O)N2CC3CCC(O)C3C2)C1. The van der Waals surface area contributed by atoms with Crippen LogP contribution in [0.15, 0.2) is 0 Å². The maximum absolute atomic E-state index is 12.5. The molecule has 3 aliphatic rings. The number of hydrogen-bond acceptors (Lipinski definition) is 3. The normalized spacial score (nSPS) is 37.0. The number of urea groups is 1. The van der Waals surface area contributed by atoms with Gasteiger partial charge in [-0.3, -0.25) is 4.79 Å². The number of hydrogen-bond donors (Lipinski definition) is 2. The second-order valence-electron chi connectivity index (χ2n) is 6.38. The zero-order chi connectivity index (χ0) is 14.3. The van der Waals surface area contributed by atoms with E-state index >= 15 is 0 Å². The lowest BCUT2D eigenvalue weighted by Gasteiger charge is -2.34. The lowest BCUT2D eigenvalue weighted by atomic mass is 9.99. The van der Waals surface area contributed by atoms with Crippen molar-refractivity contribution in [3.63, 3.8) is 0 Å². The third-order valence-corrected chi connectivity index (χ3v) is 5.13. The van der Waals surface area contributed by atoms with Gasteiger partial charge in [-0.1, -0.05) is 0 Å². The van der Waals surface area contributed by atoms with E-state index in [0.29, 0.717) is 32.0 Å². The highest BCUT2D eigenvalue weighted by atomic mass is 16.4. The standard InChI is InChI=1S/C14H22N2O4/c17-12-4-3-9-6-16(8-11(9)12)14(20)15-5-1-2-10(7-15)13(18)19/h9-12,17H,1-8H2,(H,18,19). The van der Waals surface area contributed by atoms with Crippen molar-refractivity contribution in [3.8, 4) is 0 Å². The van der Waals surface area contributed by atoms with E-state index in [-0.39, 0.29) is 18.1 Å². The second-order valence-corrected chi connectivity index (χ2v) is 6.38. The van der Waals surface area contributed by atoms with Gasteiger partial charge in [-0.2, -0.15) is 0 Å². The van der Waals surface area contributed by atoms with Crippen molar-refractivity contribution in [2.45, 2.75) is 31.8 Å². The summed E-state index contributed by atoms with van der Waals surface area (Å²) in [4.78, 5) is 27.0. The minimum absolute atomic E-state index is 0.0439. The first-order valence-corrected chi connectivity index (χ1v) is 7.51. The summed E-state index contributed by atoms with van der Waals surface area (Å²) in [5.74, 6) is -0.593. The first kappa shape index (κ1) is 13.7. The Labute approximate surface area is 118 Å². The molecule has 6 heteroatoms. The molecule has 2 amide bonds.